The van der Waals surface area contributed by atoms with Gasteiger partial charge in [0.15, 0.2) is 5.65 Å². The summed E-state index contributed by atoms with van der Waals surface area (Å²) in [6, 6.07) is 25.2. The molecule has 0 aliphatic rings. The summed E-state index contributed by atoms with van der Waals surface area (Å²) >= 11 is 1.10. The van der Waals surface area contributed by atoms with E-state index in [1.54, 1.807) is 0 Å². The van der Waals surface area contributed by atoms with E-state index in [1.807, 2.05) is 83.4 Å². The lowest BCUT2D eigenvalue weighted by Gasteiger charge is -2.06. The maximum atomic E-state index is 13.8. The highest BCUT2D eigenvalue weighted by molar-refractivity contribution is 7.17. The smallest absolute Gasteiger partial charge is 0.314 e. The number of para-hydroxylation sites is 3. The van der Waals surface area contributed by atoms with Crippen molar-refractivity contribution in [1.29, 1.82) is 0 Å². The first kappa shape index (κ1) is 17.1. The molecule has 0 aliphatic carbocycles. The second-order valence-electron chi connectivity index (χ2n) is 7.22. The zero-order valence-electron chi connectivity index (χ0n) is 15.8. The largest absolute Gasteiger partial charge is 0.332 e. The third kappa shape index (κ3) is 2.37. The number of rotatable bonds is 2. The predicted octanol–water partition coefficient (Wildman–Crippen LogP) is 4.43. The van der Waals surface area contributed by atoms with Gasteiger partial charge in [0.25, 0.3) is 0 Å². The Morgan fingerprint density at radius 3 is 2.33 bits per heavy atom. The Labute approximate surface area is 174 Å². The molecule has 3 aromatic carbocycles. The number of hydrogen-bond donors (Lipinski definition) is 0. The van der Waals surface area contributed by atoms with Gasteiger partial charge >= 0.3 is 4.87 Å². The minimum absolute atomic E-state index is 0.171. The monoisotopic (exact) mass is 409 g/mol. The second-order valence-corrected chi connectivity index (χ2v) is 8.18. The van der Waals surface area contributed by atoms with Crippen LogP contribution in [-0.2, 0) is 6.54 Å². The van der Waals surface area contributed by atoms with Gasteiger partial charge < -0.3 is 4.57 Å². The molecule has 3 heterocycles. The maximum absolute atomic E-state index is 13.8. The van der Waals surface area contributed by atoms with Crippen molar-refractivity contribution < 1.29 is 0 Å². The van der Waals surface area contributed by atoms with Crippen LogP contribution in [0.1, 0.15) is 5.56 Å². The summed E-state index contributed by atoms with van der Waals surface area (Å²) in [5.41, 5.74) is 3.78. The van der Waals surface area contributed by atoms with E-state index in [1.165, 1.54) is 4.40 Å². The van der Waals surface area contributed by atoms with E-state index in [9.17, 15) is 9.59 Å². The van der Waals surface area contributed by atoms with E-state index in [0.717, 1.165) is 27.8 Å². The van der Waals surface area contributed by atoms with Crippen LogP contribution in [0, 0.1) is 0 Å². The highest BCUT2D eigenvalue weighted by Crippen LogP contribution is 2.29. The number of hydrogen-bond acceptors (Lipinski definition) is 4. The van der Waals surface area contributed by atoms with E-state index in [-0.39, 0.29) is 15.9 Å². The fraction of sp³-hybridized carbons (Fsp3) is 0.0417. The average molecular weight is 409 g/mol. The van der Waals surface area contributed by atoms with Crippen LogP contribution in [0.4, 0.5) is 0 Å². The molecular weight excluding hydrogens is 394 g/mol. The van der Waals surface area contributed by atoms with Crippen LogP contribution in [0.25, 0.3) is 37.8 Å². The highest BCUT2D eigenvalue weighted by Gasteiger charge is 2.19. The van der Waals surface area contributed by atoms with Gasteiger partial charge in [-0.25, -0.2) is 9.38 Å². The Hall–Kier alpha value is -3.77. The quantitative estimate of drug-likeness (QED) is 0.425. The van der Waals surface area contributed by atoms with Crippen molar-refractivity contribution in [3.05, 3.63) is 104 Å². The van der Waals surface area contributed by atoms with Crippen LogP contribution in [0.2, 0.25) is 0 Å². The van der Waals surface area contributed by atoms with Crippen LogP contribution in [0.5, 0.6) is 0 Å². The lowest BCUT2D eigenvalue weighted by Crippen LogP contribution is -2.12. The normalized spacial score (nSPS) is 11.7. The number of aromatic nitrogens is 3. The van der Waals surface area contributed by atoms with Gasteiger partial charge in [-0.2, -0.15) is 0 Å². The van der Waals surface area contributed by atoms with Crippen LogP contribution >= 0.6 is 11.3 Å². The van der Waals surface area contributed by atoms with E-state index in [4.69, 9.17) is 0 Å². The summed E-state index contributed by atoms with van der Waals surface area (Å²) in [6.07, 6.45) is 0. The van der Waals surface area contributed by atoms with Gasteiger partial charge in [0.1, 0.15) is 5.52 Å². The molecule has 30 heavy (non-hydrogen) atoms. The van der Waals surface area contributed by atoms with Crippen LogP contribution < -0.4 is 10.3 Å². The van der Waals surface area contributed by atoms with Gasteiger partial charge in [-0.15, -0.1) is 0 Å². The van der Waals surface area contributed by atoms with Crippen molar-refractivity contribution >= 4 is 49.1 Å². The number of benzene rings is 3. The van der Waals surface area contributed by atoms with Crippen molar-refractivity contribution in [2.75, 3.05) is 0 Å². The maximum Gasteiger partial charge on any atom is 0.314 e. The average Bonchev–Trinajstić information content (AvgIpc) is 3.28. The summed E-state index contributed by atoms with van der Waals surface area (Å²) in [5, 5.41) is 0.908. The zero-order valence-corrected chi connectivity index (χ0v) is 16.6. The summed E-state index contributed by atoms with van der Waals surface area (Å²) in [6.45, 7) is 0.539. The van der Waals surface area contributed by atoms with E-state index < -0.39 is 0 Å². The molecule has 0 N–H and O–H groups in total. The summed E-state index contributed by atoms with van der Waals surface area (Å²) in [4.78, 5) is 31.3. The number of nitrogens with zero attached hydrogens (tertiary/aromatic N) is 3. The molecule has 0 saturated heterocycles. The molecule has 0 saturated carbocycles. The van der Waals surface area contributed by atoms with E-state index in [0.29, 0.717) is 27.8 Å². The SMILES string of the molecule is O=c1c2c(sc(=O)n3c1nc1ccccc13)c1ccccc1n2Cc1ccccc1. The molecule has 144 valence electrons. The molecule has 0 bridgehead atoms. The van der Waals surface area contributed by atoms with Crippen molar-refractivity contribution in [3.8, 4) is 0 Å². The minimum atomic E-state index is -0.230. The van der Waals surface area contributed by atoms with Gasteiger partial charge in [-0.3, -0.25) is 9.59 Å². The minimum Gasteiger partial charge on any atom is -0.332 e. The Morgan fingerprint density at radius 1 is 0.800 bits per heavy atom. The van der Waals surface area contributed by atoms with Gasteiger partial charge in [0.05, 0.1) is 21.3 Å². The number of imidazole rings is 1. The van der Waals surface area contributed by atoms with Crippen molar-refractivity contribution in [1.82, 2.24) is 14.0 Å². The summed E-state index contributed by atoms with van der Waals surface area (Å²) in [5.74, 6) is 0. The third-order valence-electron chi connectivity index (χ3n) is 5.46. The predicted molar refractivity (Wildman–Crippen MR) is 122 cm³/mol. The molecule has 3 aromatic heterocycles. The molecule has 0 radical (unpaired) electrons. The van der Waals surface area contributed by atoms with E-state index in [2.05, 4.69) is 4.98 Å². The Morgan fingerprint density at radius 2 is 1.50 bits per heavy atom. The first-order valence-corrected chi connectivity index (χ1v) is 10.4. The third-order valence-corrected chi connectivity index (χ3v) is 6.43. The molecule has 5 nitrogen and oxygen atoms in total. The first-order chi connectivity index (χ1) is 14.7. The van der Waals surface area contributed by atoms with Gasteiger partial charge in [0, 0.05) is 11.9 Å². The summed E-state index contributed by atoms with van der Waals surface area (Å²) in [7, 11) is 0. The Kier molecular flexibility index (Phi) is 3.63. The Balaban J connectivity index is 1.85. The molecule has 0 unspecified atom stereocenters. The molecule has 0 aliphatic heterocycles. The van der Waals surface area contributed by atoms with Crippen LogP contribution in [-0.4, -0.2) is 14.0 Å². The fourth-order valence-corrected chi connectivity index (χ4v) is 5.17. The van der Waals surface area contributed by atoms with Crippen molar-refractivity contribution in [2.24, 2.45) is 0 Å². The highest BCUT2D eigenvalue weighted by atomic mass is 32.1. The Bertz CT molecular complexity index is 1710. The van der Waals surface area contributed by atoms with Gasteiger partial charge in [-0.05, 0) is 23.8 Å². The fourth-order valence-electron chi connectivity index (χ4n) is 4.13. The molecule has 0 spiro atoms. The first-order valence-electron chi connectivity index (χ1n) is 9.62. The molecule has 6 heteroatoms. The molecule has 0 atom stereocenters. The lowest BCUT2D eigenvalue weighted by molar-refractivity contribution is 0.867. The van der Waals surface area contributed by atoms with Gasteiger partial charge in [0.2, 0.25) is 5.43 Å². The van der Waals surface area contributed by atoms with Gasteiger partial charge in [-0.1, -0.05) is 72.0 Å². The topological polar surface area (TPSA) is 56.4 Å². The van der Waals surface area contributed by atoms with Crippen molar-refractivity contribution in [3.63, 3.8) is 0 Å². The molecule has 0 fully saturated rings. The standard InChI is InChI=1S/C24H15N3O2S/c28-21-20-22(30-24(29)27-19-13-7-5-11-17(19)25-23(21)27)16-10-4-6-12-18(16)26(20)14-15-8-2-1-3-9-15/h1-13H,14H2. The zero-order chi connectivity index (χ0) is 20.2. The van der Waals surface area contributed by atoms with Crippen LogP contribution in [0.15, 0.2) is 88.5 Å². The number of fused-ring (bicyclic) bond motifs is 6. The molecule has 6 aromatic rings. The molecule has 6 rings (SSSR count). The van der Waals surface area contributed by atoms with E-state index >= 15 is 0 Å². The molecular formula is C24H15N3O2S. The lowest BCUT2D eigenvalue weighted by atomic mass is 10.2. The second kappa shape index (κ2) is 6.37. The molecule has 0 amide bonds. The van der Waals surface area contributed by atoms with Crippen molar-refractivity contribution in [2.45, 2.75) is 6.54 Å². The van der Waals surface area contributed by atoms with Crippen LogP contribution in [0.3, 0.4) is 0 Å². The summed E-state index contributed by atoms with van der Waals surface area (Å²) < 4.78 is 4.16.